The molecule has 0 aromatic heterocycles. The zero-order chi connectivity index (χ0) is 15.2. The number of benzene rings is 2. The van der Waals surface area contributed by atoms with E-state index in [9.17, 15) is 0 Å². The molecule has 0 aliphatic rings. The molecule has 0 bridgehead atoms. The fourth-order valence-electron chi connectivity index (χ4n) is 2.16. The van der Waals surface area contributed by atoms with Crippen LogP contribution < -0.4 is 10.1 Å². The zero-order valence-electron chi connectivity index (χ0n) is 12.7. The molecule has 2 aromatic carbocycles. The Morgan fingerprint density at radius 2 is 1.71 bits per heavy atom. The lowest BCUT2D eigenvalue weighted by atomic mass is 10.1. The number of nitrogens with zero attached hydrogens (tertiary/aromatic N) is 1. The van der Waals surface area contributed by atoms with E-state index in [2.05, 4.69) is 36.4 Å². The normalized spacial score (nSPS) is 10.7. The fourth-order valence-corrected chi connectivity index (χ4v) is 2.28. The number of hydrogen-bond donors (Lipinski definition) is 1. The maximum atomic E-state index is 5.90. The summed E-state index contributed by atoms with van der Waals surface area (Å²) in [6, 6.07) is 14.1. The van der Waals surface area contributed by atoms with E-state index in [0.717, 1.165) is 29.5 Å². The average Bonchev–Trinajstić information content (AvgIpc) is 2.46. The minimum absolute atomic E-state index is 0.735. The first-order valence-corrected chi connectivity index (χ1v) is 7.26. The summed E-state index contributed by atoms with van der Waals surface area (Å²) < 4.78 is 5.42. The lowest BCUT2D eigenvalue weighted by Gasteiger charge is -2.15. The predicted octanol–water partition coefficient (Wildman–Crippen LogP) is 4.02. The minimum Gasteiger partial charge on any atom is -0.495 e. The van der Waals surface area contributed by atoms with Gasteiger partial charge in [0, 0.05) is 18.1 Å². The number of ether oxygens (including phenoxy) is 1. The van der Waals surface area contributed by atoms with Gasteiger partial charge >= 0.3 is 0 Å². The van der Waals surface area contributed by atoms with E-state index < -0.39 is 0 Å². The van der Waals surface area contributed by atoms with Crippen LogP contribution in [0.4, 0.5) is 5.69 Å². The summed E-state index contributed by atoms with van der Waals surface area (Å²) in [6.45, 7) is 1.64. The van der Waals surface area contributed by atoms with Crippen LogP contribution in [0.2, 0.25) is 5.02 Å². The van der Waals surface area contributed by atoms with Gasteiger partial charge in [0.15, 0.2) is 0 Å². The molecular weight excluding hydrogens is 284 g/mol. The van der Waals surface area contributed by atoms with E-state index in [1.54, 1.807) is 7.11 Å². The largest absolute Gasteiger partial charge is 0.495 e. The lowest BCUT2D eigenvalue weighted by Crippen LogP contribution is -2.11. The van der Waals surface area contributed by atoms with E-state index in [0.29, 0.717) is 0 Å². The maximum absolute atomic E-state index is 5.90. The van der Waals surface area contributed by atoms with E-state index in [1.807, 2.05) is 30.3 Å². The van der Waals surface area contributed by atoms with Gasteiger partial charge in [-0.1, -0.05) is 29.8 Å². The first-order chi connectivity index (χ1) is 10.1. The van der Waals surface area contributed by atoms with Crippen molar-refractivity contribution in [2.75, 3.05) is 26.5 Å². The summed E-state index contributed by atoms with van der Waals surface area (Å²) in [5.74, 6) is 0.853. The Balaban J connectivity index is 2.11. The Bertz CT molecular complexity index is 582. The highest BCUT2D eigenvalue weighted by Crippen LogP contribution is 2.26. The van der Waals surface area contributed by atoms with Crippen LogP contribution in [0, 0.1) is 0 Å². The summed E-state index contributed by atoms with van der Waals surface area (Å²) in [6.07, 6.45) is 0. The van der Waals surface area contributed by atoms with Crippen molar-refractivity contribution in [3.8, 4) is 5.75 Å². The molecule has 0 saturated heterocycles. The third-order valence-corrected chi connectivity index (χ3v) is 3.41. The van der Waals surface area contributed by atoms with Gasteiger partial charge in [-0.25, -0.2) is 0 Å². The van der Waals surface area contributed by atoms with Crippen molar-refractivity contribution in [2.45, 2.75) is 13.1 Å². The van der Waals surface area contributed by atoms with Gasteiger partial charge in [0.05, 0.1) is 12.8 Å². The van der Waals surface area contributed by atoms with Crippen LogP contribution in [0.15, 0.2) is 42.5 Å². The van der Waals surface area contributed by atoms with Crippen LogP contribution in [-0.2, 0) is 13.1 Å². The number of methoxy groups -OCH3 is 1. The highest BCUT2D eigenvalue weighted by molar-refractivity contribution is 6.30. The Kier molecular flexibility index (Phi) is 5.48. The Hall–Kier alpha value is -1.71. The first-order valence-electron chi connectivity index (χ1n) is 6.88. The van der Waals surface area contributed by atoms with Crippen molar-refractivity contribution in [2.24, 2.45) is 0 Å². The molecule has 0 aliphatic carbocycles. The molecule has 2 aromatic rings. The highest BCUT2D eigenvalue weighted by atomic mass is 35.5. The SMILES string of the molecule is COc1ccc(CN(C)C)cc1NCc1ccc(Cl)cc1. The fraction of sp³-hybridized carbons (Fsp3) is 0.294. The van der Waals surface area contributed by atoms with Crippen molar-refractivity contribution < 1.29 is 4.74 Å². The minimum atomic E-state index is 0.735. The van der Waals surface area contributed by atoms with Crippen LogP contribution in [0.1, 0.15) is 11.1 Å². The molecule has 1 N–H and O–H groups in total. The van der Waals surface area contributed by atoms with E-state index in [-0.39, 0.29) is 0 Å². The average molecular weight is 305 g/mol. The molecule has 0 saturated carbocycles. The second-order valence-electron chi connectivity index (χ2n) is 5.25. The molecule has 0 unspecified atom stereocenters. The second kappa shape index (κ2) is 7.34. The topological polar surface area (TPSA) is 24.5 Å². The lowest BCUT2D eigenvalue weighted by molar-refractivity contribution is 0.400. The van der Waals surface area contributed by atoms with Gasteiger partial charge in [0.2, 0.25) is 0 Å². The van der Waals surface area contributed by atoms with Crippen molar-refractivity contribution in [3.63, 3.8) is 0 Å². The molecule has 3 nitrogen and oxygen atoms in total. The Morgan fingerprint density at radius 3 is 2.33 bits per heavy atom. The zero-order valence-corrected chi connectivity index (χ0v) is 13.4. The van der Waals surface area contributed by atoms with Gasteiger partial charge in [0.1, 0.15) is 5.75 Å². The first kappa shape index (κ1) is 15.7. The van der Waals surface area contributed by atoms with Crippen molar-refractivity contribution in [3.05, 3.63) is 58.6 Å². The summed E-state index contributed by atoms with van der Waals surface area (Å²) in [5, 5.41) is 4.18. The second-order valence-corrected chi connectivity index (χ2v) is 5.69. The third-order valence-electron chi connectivity index (χ3n) is 3.16. The number of rotatable bonds is 6. The number of anilines is 1. The number of halogens is 1. The van der Waals surface area contributed by atoms with Crippen LogP contribution in [0.5, 0.6) is 5.75 Å². The smallest absolute Gasteiger partial charge is 0.141 e. The molecule has 0 heterocycles. The van der Waals surface area contributed by atoms with Gasteiger partial charge in [0.25, 0.3) is 0 Å². The maximum Gasteiger partial charge on any atom is 0.141 e. The number of nitrogens with one attached hydrogen (secondary N) is 1. The third kappa shape index (κ3) is 4.66. The highest BCUT2D eigenvalue weighted by Gasteiger charge is 2.05. The molecule has 2 rings (SSSR count). The van der Waals surface area contributed by atoms with Crippen LogP contribution in [0.25, 0.3) is 0 Å². The standard InChI is InChI=1S/C17H21ClN2O/c1-20(2)12-14-6-9-17(21-3)16(10-14)19-11-13-4-7-15(18)8-5-13/h4-10,19H,11-12H2,1-3H3. The molecule has 0 aliphatic heterocycles. The molecule has 21 heavy (non-hydrogen) atoms. The molecular formula is C17H21ClN2O. The Morgan fingerprint density at radius 1 is 1.05 bits per heavy atom. The molecule has 0 radical (unpaired) electrons. The molecule has 0 fully saturated rings. The summed E-state index contributed by atoms with van der Waals surface area (Å²) in [4.78, 5) is 2.14. The molecule has 0 spiro atoms. The molecule has 0 atom stereocenters. The van der Waals surface area contributed by atoms with E-state index in [4.69, 9.17) is 16.3 Å². The predicted molar refractivity (Wildman–Crippen MR) is 89.2 cm³/mol. The van der Waals surface area contributed by atoms with Crippen molar-refractivity contribution >= 4 is 17.3 Å². The Labute approximate surface area is 131 Å². The van der Waals surface area contributed by atoms with Gasteiger partial charge < -0.3 is 15.0 Å². The van der Waals surface area contributed by atoms with Gasteiger partial charge in [-0.15, -0.1) is 0 Å². The van der Waals surface area contributed by atoms with Gasteiger partial charge in [-0.2, -0.15) is 0 Å². The molecule has 4 heteroatoms. The monoisotopic (exact) mass is 304 g/mol. The van der Waals surface area contributed by atoms with Gasteiger partial charge in [-0.3, -0.25) is 0 Å². The van der Waals surface area contributed by atoms with Crippen LogP contribution in [-0.4, -0.2) is 26.1 Å². The van der Waals surface area contributed by atoms with Gasteiger partial charge in [-0.05, 0) is 49.5 Å². The summed E-state index contributed by atoms with van der Waals surface area (Å²) in [5.41, 5.74) is 3.44. The quantitative estimate of drug-likeness (QED) is 0.872. The van der Waals surface area contributed by atoms with Crippen molar-refractivity contribution in [1.29, 1.82) is 0 Å². The van der Waals surface area contributed by atoms with E-state index >= 15 is 0 Å². The van der Waals surface area contributed by atoms with Crippen molar-refractivity contribution in [1.82, 2.24) is 4.90 Å². The van der Waals surface area contributed by atoms with Crippen LogP contribution in [0.3, 0.4) is 0 Å². The molecule has 0 amide bonds. The summed E-state index contributed by atoms with van der Waals surface area (Å²) >= 11 is 5.90. The summed E-state index contributed by atoms with van der Waals surface area (Å²) in [7, 11) is 5.81. The number of hydrogen-bond acceptors (Lipinski definition) is 3. The molecule has 112 valence electrons. The van der Waals surface area contributed by atoms with E-state index in [1.165, 1.54) is 11.1 Å². The van der Waals surface area contributed by atoms with Crippen LogP contribution >= 0.6 is 11.6 Å².